The minimum atomic E-state index is -0.300. The molecule has 0 fully saturated rings. The molecule has 1 N–H and O–H groups in total. The van der Waals surface area contributed by atoms with Gasteiger partial charge in [0.15, 0.2) is 0 Å². The van der Waals surface area contributed by atoms with Crippen molar-refractivity contribution in [2.75, 3.05) is 5.32 Å². The zero-order chi connectivity index (χ0) is 18.4. The molecule has 26 heavy (non-hydrogen) atoms. The largest absolute Gasteiger partial charge is 0.439 e. The predicted molar refractivity (Wildman–Crippen MR) is 93.5 cm³/mol. The van der Waals surface area contributed by atoms with Crippen molar-refractivity contribution in [2.45, 2.75) is 19.9 Å². The zero-order valence-corrected chi connectivity index (χ0v) is 14.1. The number of anilines is 1. The molecule has 1 aromatic carbocycles. The maximum Gasteiger partial charge on any atom is 0.252 e. The summed E-state index contributed by atoms with van der Waals surface area (Å²) in [5.74, 6) is 0.873. The van der Waals surface area contributed by atoms with Crippen LogP contribution in [0.3, 0.4) is 0 Å². The van der Waals surface area contributed by atoms with Crippen molar-refractivity contribution in [1.82, 2.24) is 19.7 Å². The molecule has 2 heterocycles. The first-order valence-electron chi connectivity index (χ1n) is 7.98. The van der Waals surface area contributed by atoms with Gasteiger partial charge in [-0.15, -0.1) is 5.10 Å². The molecule has 0 spiro atoms. The van der Waals surface area contributed by atoms with Crippen LogP contribution < -0.4 is 10.1 Å². The fraction of sp³-hybridized carbons (Fsp3) is 0.167. The second-order valence-electron chi connectivity index (χ2n) is 5.41. The van der Waals surface area contributed by atoms with Crippen LogP contribution in [0.2, 0.25) is 0 Å². The van der Waals surface area contributed by atoms with Gasteiger partial charge in [0.25, 0.3) is 5.82 Å². The second kappa shape index (κ2) is 7.90. The third kappa shape index (κ3) is 4.42. The quantitative estimate of drug-likeness (QED) is 0.734. The first-order valence-corrected chi connectivity index (χ1v) is 7.98. The molecule has 0 aliphatic heterocycles. The van der Waals surface area contributed by atoms with Crippen LogP contribution in [0.5, 0.6) is 11.6 Å². The Morgan fingerprint density at radius 3 is 2.88 bits per heavy atom. The number of carbonyl (C=O) groups excluding carboxylic acids is 1. The number of nitrogens with zero attached hydrogens (tertiary/aromatic N) is 5. The van der Waals surface area contributed by atoms with Crippen LogP contribution >= 0.6 is 0 Å². The van der Waals surface area contributed by atoms with Gasteiger partial charge in [0, 0.05) is 6.07 Å². The van der Waals surface area contributed by atoms with Gasteiger partial charge in [-0.3, -0.25) is 4.79 Å². The van der Waals surface area contributed by atoms with Crippen LogP contribution in [0.25, 0.3) is 0 Å². The number of benzene rings is 1. The highest BCUT2D eigenvalue weighted by Gasteiger charge is 2.07. The molecule has 8 nitrogen and oxygen atoms in total. The monoisotopic (exact) mass is 348 g/mol. The van der Waals surface area contributed by atoms with Gasteiger partial charge in [-0.2, -0.15) is 5.26 Å². The average Bonchev–Trinajstić information content (AvgIpc) is 3.11. The molecule has 0 aliphatic rings. The number of carbonyl (C=O) groups is 1. The van der Waals surface area contributed by atoms with Gasteiger partial charge in [-0.1, -0.05) is 19.1 Å². The highest BCUT2D eigenvalue weighted by Crippen LogP contribution is 2.21. The third-order valence-electron chi connectivity index (χ3n) is 3.49. The van der Waals surface area contributed by atoms with Crippen LogP contribution in [0.4, 0.5) is 5.69 Å². The van der Waals surface area contributed by atoms with Crippen LogP contribution in [0.15, 0.2) is 48.9 Å². The number of ether oxygens (including phenoxy) is 1. The van der Waals surface area contributed by atoms with Crippen LogP contribution in [0.1, 0.15) is 18.3 Å². The van der Waals surface area contributed by atoms with Crippen molar-refractivity contribution in [3.05, 3.63) is 60.3 Å². The van der Waals surface area contributed by atoms with Crippen LogP contribution in [-0.2, 0) is 17.8 Å². The lowest BCUT2D eigenvalue weighted by Gasteiger charge is -2.08. The molecule has 0 radical (unpaired) electrons. The molecular weight excluding hydrogens is 332 g/mol. The van der Waals surface area contributed by atoms with Crippen molar-refractivity contribution >= 4 is 11.6 Å². The number of hydrogen-bond acceptors (Lipinski definition) is 6. The van der Waals surface area contributed by atoms with E-state index in [0.717, 1.165) is 6.42 Å². The highest BCUT2D eigenvalue weighted by molar-refractivity contribution is 5.90. The van der Waals surface area contributed by atoms with Gasteiger partial charge in [0.05, 0.1) is 11.9 Å². The minimum absolute atomic E-state index is 0.0214. The van der Waals surface area contributed by atoms with Crippen LogP contribution in [-0.4, -0.2) is 25.7 Å². The van der Waals surface area contributed by atoms with E-state index in [4.69, 9.17) is 10.00 Å². The Morgan fingerprint density at radius 1 is 1.31 bits per heavy atom. The molecule has 0 saturated heterocycles. The maximum absolute atomic E-state index is 12.0. The number of amides is 1. The van der Waals surface area contributed by atoms with E-state index < -0.39 is 0 Å². The second-order valence-corrected chi connectivity index (χ2v) is 5.41. The normalized spacial score (nSPS) is 10.2. The molecule has 3 aromatic rings. The number of nitrogens with one attached hydrogen (secondary N) is 1. The molecule has 8 heteroatoms. The summed E-state index contributed by atoms with van der Waals surface area (Å²) in [5.41, 5.74) is 1.71. The van der Waals surface area contributed by atoms with Crippen molar-refractivity contribution in [1.29, 1.82) is 5.26 Å². The topological polar surface area (TPSA) is 106 Å². The molecule has 3 rings (SSSR count). The molecule has 1 amide bonds. The lowest BCUT2D eigenvalue weighted by atomic mass is 10.2. The Hall–Kier alpha value is -3.73. The smallest absolute Gasteiger partial charge is 0.252 e. The zero-order valence-electron chi connectivity index (χ0n) is 14.1. The fourth-order valence-corrected chi connectivity index (χ4v) is 2.23. The molecule has 0 atom stereocenters. The molecule has 0 aliphatic carbocycles. The van der Waals surface area contributed by atoms with E-state index in [-0.39, 0.29) is 18.3 Å². The van der Waals surface area contributed by atoms with Gasteiger partial charge in [0.2, 0.25) is 11.8 Å². The number of rotatable bonds is 6. The molecule has 0 saturated carbocycles. The van der Waals surface area contributed by atoms with Gasteiger partial charge >= 0.3 is 0 Å². The average molecular weight is 348 g/mol. The van der Waals surface area contributed by atoms with E-state index >= 15 is 0 Å². The minimum Gasteiger partial charge on any atom is -0.439 e. The van der Waals surface area contributed by atoms with E-state index in [2.05, 4.69) is 27.3 Å². The van der Waals surface area contributed by atoms with Crippen molar-refractivity contribution < 1.29 is 9.53 Å². The Labute approximate surface area is 150 Å². The summed E-state index contributed by atoms with van der Waals surface area (Å²) in [7, 11) is 0. The lowest BCUT2D eigenvalue weighted by molar-refractivity contribution is -0.116. The predicted octanol–water partition coefficient (Wildman–Crippen LogP) is 2.54. The summed E-state index contributed by atoms with van der Waals surface area (Å²) in [5, 5.41) is 15.2. The molecular formula is C18H16N6O2. The molecule has 2 aromatic heterocycles. The number of aryl methyl sites for hydroxylation is 1. The molecule has 130 valence electrons. The van der Waals surface area contributed by atoms with Gasteiger partial charge in [-0.25, -0.2) is 14.6 Å². The molecule has 0 bridgehead atoms. The number of aromatic nitrogens is 4. The Balaban J connectivity index is 1.58. The van der Waals surface area contributed by atoms with E-state index in [1.54, 1.807) is 18.2 Å². The summed E-state index contributed by atoms with van der Waals surface area (Å²) < 4.78 is 7.01. The summed E-state index contributed by atoms with van der Waals surface area (Å²) in [6, 6.07) is 13.0. The van der Waals surface area contributed by atoms with E-state index in [0.29, 0.717) is 17.3 Å². The van der Waals surface area contributed by atoms with Crippen LogP contribution in [0, 0.1) is 11.3 Å². The number of hydrogen-bond donors (Lipinski definition) is 1. The Kier molecular flexibility index (Phi) is 5.19. The van der Waals surface area contributed by atoms with Gasteiger partial charge < -0.3 is 10.1 Å². The van der Waals surface area contributed by atoms with Crippen molar-refractivity contribution in [3.8, 4) is 17.7 Å². The SMILES string of the molecule is CCc1cccc(Oc2ccc(NC(=O)Cn3cnc(C#N)n3)cn2)c1. The van der Waals surface area contributed by atoms with Crippen molar-refractivity contribution in [2.24, 2.45) is 0 Å². The van der Waals surface area contributed by atoms with Gasteiger partial charge in [0.1, 0.15) is 24.7 Å². The lowest BCUT2D eigenvalue weighted by Crippen LogP contribution is -2.19. The first-order chi connectivity index (χ1) is 12.7. The Bertz CT molecular complexity index is 943. The van der Waals surface area contributed by atoms with E-state index in [1.807, 2.05) is 24.3 Å². The third-order valence-corrected chi connectivity index (χ3v) is 3.49. The summed E-state index contributed by atoms with van der Waals surface area (Å²) in [6.07, 6.45) is 3.77. The van der Waals surface area contributed by atoms with Gasteiger partial charge in [-0.05, 0) is 30.2 Å². The van der Waals surface area contributed by atoms with E-state index in [9.17, 15) is 4.79 Å². The number of nitriles is 1. The fourth-order valence-electron chi connectivity index (χ4n) is 2.23. The Morgan fingerprint density at radius 2 is 2.19 bits per heavy atom. The first kappa shape index (κ1) is 17.1. The molecule has 0 unspecified atom stereocenters. The van der Waals surface area contributed by atoms with Crippen molar-refractivity contribution in [3.63, 3.8) is 0 Å². The number of pyridine rings is 1. The summed E-state index contributed by atoms with van der Waals surface area (Å²) in [4.78, 5) is 19.9. The highest BCUT2D eigenvalue weighted by atomic mass is 16.5. The summed E-state index contributed by atoms with van der Waals surface area (Å²) >= 11 is 0. The standard InChI is InChI=1S/C18H16N6O2/c1-2-13-4-3-5-15(8-13)26-18-7-6-14(10-20-18)22-17(25)11-24-12-21-16(9-19)23-24/h3-8,10,12H,2,11H2,1H3,(H,22,25). The summed E-state index contributed by atoms with van der Waals surface area (Å²) in [6.45, 7) is 2.03. The maximum atomic E-state index is 12.0. The van der Waals surface area contributed by atoms with E-state index in [1.165, 1.54) is 22.8 Å².